The van der Waals surface area contributed by atoms with Crippen LogP contribution in [-0.4, -0.2) is 25.3 Å². The van der Waals surface area contributed by atoms with Crippen LogP contribution in [0.1, 0.15) is 23.6 Å². The van der Waals surface area contributed by atoms with Gasteiger partial charge in [0, 0.05) is 34.8 Å². The Balaban J connectivity index is 1.69. The number of allylic oxidation sites excluding steroid dienone is 1. The van der Waals surface area contributed by atoms with Crippen molar-refractivity contribution in [2.24, 2.45) is 4.99 Å². The smallest absolute Gasteiger partial charge is 0.283 e. The van der Waals surface area contributed by atoms with Gasteiger partial charge in [-0.1, -0.05) is 23.0 Å². The number of anilines is 1. The van der Waals surface area contributed by atoms with Crippen molar-refractivity contribution in [2.45, 2.75) is 13.8 Å². The molecule has 0 radical (unpaired) electrons. The Labute approximate surface area is 169 Å². The normalized spacial score (nSPS) is 14.4. The van der Waals surface area contributed by atoms with Crippen LogP contribution in [-0.2, 0) is 0 Å². The SMILES string of the molecule is CC1=Nc2ccc(C)cc2/C1=C\c1c(N)n2nc(-c3cccnc3)sc2nc1=O. The number of nitrogen functional groups attached to an aromatic ring is 1. The van der Waals surface area contributed by atoms with Crippen molar-refractivity contribution < 1.29 is 0 Å². The zero-order valence-electron chi connectivity index (χ0n) is 15.7. The quantitative estimate of drug-likeness (QED) is 0.552. The first kappa shape index (κ1) is 17.4. The molecule has 142 valence electrons. The molecule has 0 fully saturated rings. The maximum atomic E-state index is 12.8. The Morgan fingerprint density at radius 2 is 2.07 bits per heavy atom. The Morgan fingerprint density at radius 1 is 1.21 bits per heavy atom. The number of aliphatic imine (C=N–C) groups is 1. The molecule has 2 N–H and O–H groups in total. The molecule has 1 aromatic carbocycles. The lowest BCUT2D eigenvalue weighted by Gasteiger charge is -2.05. The monoisotopic (exact) mass is 400 g/mol. The highest BCUT2D eigenvalue weighted by atomic mass is 32.1. The van der Waals surface area contributed by atoms with Crippen LogP contribution in [0.5, 0.6) is 0 Å². The zero-order valence-corrected chi connectivity index (χ0v) is 16.6. The van der Waals surface area contributed by atoms with Gasteiger partial charge in [-0.2, -0.15) is 14.6 Å². The summed E-state index contributed by atoms with van der Waals surface area (Å²) in [5.74, 6) is 0.257. The standard InChI is InChI=1S/C21H16N6OS/c1-11-5-6-17-15(8-11)14(12(2)24-17)9-16-18(22)27-21(25-19(16)28)29-20(26-27)13-4-3-7-23-10-13/h3-10H,22H2,1-2H3/b14-9-. The number of rotatable bonds is 2. The Morgan fingerprint density at radius 3 is 2.86 bits per heavy atom. The Kier molecular flexibility index (Phi) is 3.88. The number of benzene rings is 1. The molecule has 0 aliphatic carbocycles. The van der Waals surface area contributed by atoms with Gasteiger partial charge in [-0.15, -0.1) is 0 Å². The third-order valence-electron chi connectivity index (χ3n) is 4.81. The van der Waals surface area contributed by atoms with E-state index >= 15 is 0 Å². The molecule has 8 heteroatoms. The van der Waals surface area contributed by atoms with Crippen molar-refractivity contribution >= 4 is 45.2 Å². The third-order valence-corrected chi connectivity index (χ3v) is 5.77. The van der Waals surface area contributed by atoms with Gasteiger partial charge in [0.05, 0.1) is 11.3 Å². The first-order chi connectivity index (χ1) is 14.0. The summed E-state index contributed by atoms with van der Waals surface area (Å²) in [7, 11) is 0. The van der Waals surface area contributed by atoms with Crippen molar-refractivity contribution in [1.29, 1.82) is 0 Å². The third kappa shape index (κ3) is 2.85. The molecule has 3 aromatic heterocycles. The van der Waals surface area contributed by atoms with E-state index in [1.54, 1.807) is 18.5 Å². The van der Waals surface area contributed by atoms with E-state index in [9.17, 15) is 4.79 Å². The summed E-state index contributed by atoms with van der Waals surface area (Å²) in [5, 5.41) is 5.24. The summed E-state index contributed by atoms with van der Waals surface area (Å²) < 4.78 is 1.51. The van der Waals surface area contributed by atoms with E-state index in [1.165, 1.54) is 15.9 Å². The topological polar surface area (TPSA) is 98.5 Å². The number of pyridine rings is 1. The van der Waals surface area contributed by atoms with Crippen molar-refractivity contribution in [3.63, 3.8) is 0 Å². The number of nitrogens with two attached hydrogens (primary N) is 1. The molecule has 0 amide bonds. The Hall–Kier alpha value is -3.65. The average Bonchev–Trinajstić information content (AvgIpc) is 3.27. The molecule has 5 rings (SSSR count). The maximum Gasteiger partial charge on any atom is 0.283 e. The summed E-state index contributed by atoms with van der Waals surface area (Å²) >= 11 is 1.30. The molecule has 0 saturated carbocycles. The van der Waals surface area contributed by atoms with Gasteiger partial charge in [0.25, 0.3) is 5.56 Å². The lowest BCUT2D eigenvalue weighted by molar-refractivity contribution is 0.944. The number of hydrogen-bond acceptors (Lipinski definition) is 7. The van der Waals surface area contributed by atoms with Crippen molar-refractivity contribution in [3.05, 3.63) is 69.8 Å². The lowest BCUT2D eigenvalue weighted by Crippen LogP contribution is -2.17. The van der Waals surface area contributed by atoms with Crippen LogP contribution in [0.4, 0.5) is 11.5 Å². The highest BCUT2D eigenvalue weighted by Crippen LogP contribution is 2.36. The van der Waals surface area contributed by atoms with E-state index in [4.69, 9.17) is 5.73 Å². The first-order valence-electron chi connectivity index (χ1n) is 8.99. The van der Waals surface area contributed by atoms with E-state index in [1.807, 2.05) is 38.1 Å². The molecule has 0 atom stereocenters. The fourth-order valence-corrected chi connectivity index (χ4v) is 4.24. The molecule has 0 saturated heterocycles. The second kappa shape index (κ2) is 6.46. The van der Waals surface area contributed by atoms with E-state index in [2.05, 4.69) is 26.1 Å². The first-order valence-corrected chi connectivity index (χ1v) is 9.81. The zero-order chi connectivity index (χ0) is 20.1. The maximum absolute atomic E-state index is 12.8. The van der Waals surface area contributed by atoms with Crippen LogP contribution in [0.2, 0.25) is 0 Å². The van der Waals surface area contributed by atoms with E-state index in [0.29, 0.717) is 15.5 Å². The number of fused-ring (bicyclic) bond motifs is 2. The second-order valence-corrected chi connectivity index (χ2v) is 7.79. The number of nitrogens with zero attached hydrogens (tertiary/aromatic N) is 5. The molecule has 1 aliphatic rings. The van der Waals surface area contributed by atoms with Crippen LogP contribution in [0.3, 0.4) is 0 Å². The molecular formula is C21H16N6OS. The van der Waals surface area contributed by atoms with Crippen LogP contribution >= 0.6 is 11.3 Å². The van der Waals surface area contributed by atoms with Crippen LogP contribution in [0.15, 0.2) is 52.5 Å². The molecular weight excluding hydrogens is 384 g/mol. The lowest BCUT2D eigenvalue weighted by atomic mass is 9.99. The van der Waals surface area contributed by atoms with Crippen molar-refractivity contribution in [2.75, 3.05) is 5.73 Å². The minimum atomic E-state index is -0.384. The number of aryl methyl sites for hydroxylation is 1. The molecule has 0 spiro atoms. The summed E-state index contributed by atoms with van der Waals surface area (Å²) in [6.45, 7) is 3.95. The number of aromatic nitrogens is 4. The molecule has 4 heterocycles. The van der Waals surface area contributed by atoms with Gasteiger partial charge in [-0.3, -0.25) is 14.8 Å². The molecule has 0 bridgehead atoms. The highest BCUT2D eigenvalue weighted by Gasteiger charge is 2.20. The van der Waals surface area contributed by atoms with E-state index < -0.39 is 0 Å². The fourth-order valence-electron chi connectivity index (χ4n) is 3.35. The number of hydrogen-bond donors (Lipinski definition) is 1. The average molecular weight is 400 g/mol. The van der Waals surface area contributed by atoms with Crippen LogP contribution in [0.25, 0.3) is 27.2 Å². The van der Waals surface area contributed by atoms with Gasteiger partial charge >= 0.3 is 0 Å². The van der Waals surface area contributed by atoms with Gasteiger partial charge in [-0.25, -0.2) is 0 Å². The predicted octanol–water partition coefficient (Wildman–Crippen LogP) is 3.75. The Bertz CT molecular complexity index is 1400. The van der Waals surface area contributed by atoms with Crippen LogP contribution in [0, 0.1) is 6.92 Å². The molecule has 4 aromatic rings. The minimum Gasteiger partial charge on any atom is -0.383 e. The summed E-state index contributed by atoms with van der Waals surface area (Å²) in [6.07, 6.45) is 5.18. The van der Waals surface area contributed by atoms with Gasteiger partial charge in [-0.05, 0) is 44.2 Å². The van der Waals surface area contributed by atoms with Gasteiger partial charge in [0.1, 0.15) is 10.8 Å². The minimum absolute atomic E-state index is 0.257. The molecule has 29 heavy (non-hydrogen) atoms. The van der Waals surface area contributed by atoms with Gasteiger partial charge in [0.15, 0.2) is 0 Å². The fraction of sp³-hybridized carbons (Fsp3) is 0.0952. The second-order valence-electron chi connectivity index (χ2n) is 6.83. The molecule has 1 aliphatic heterocycles. The molecule has 7 nitrogen and oxygen atoms in total. The molecule has 0 unspecified atom stereocenters. The highest BCUT2D eigenvalue weighted by molar-refractivity contribution is 7.19. The summed E-state index contributed by atoms with van der Waals surface area (Å²) in [5.41, 5.74) is 11.8. The predicted molar refractivity (Wildman–Crippen MR) is 117 cm³/mol. The van der Waals surface area contributed by atoms with E-state index in [0.717, 1.165) is 33.7 Å². The summed E-state index contributed by atoms with van der Waals surface area (Å²) in [6, 6.07) is 9.79. The van der Waals surface area contributed by atoms with Gasteiger partial charge < -0.3 is 5.73 Å². The largest absolute Gasteiger partial charge is 0.383 e. The summed E-state index contributed by atoms with van der Waals surface area (Å²) in [4.78, 5) is 26.1. The van der Waals surface area contributed by atoms with Gasteiger partial charge in [0.2, 0.25) is 4.96 Å². The van der Waals surface area contributed by atoms with Crippen molar-refractivity contribution in [3.8, 4) is 10.6 Å². The van der Waals surface area contributed by atoms with Crippen LogP contribution < -0.4 is 11.3 Å². The van der Waals surface area contributed by atoms with E-state index in [-0.39, 0.29) is 11.4 Å². The van der Waals surface area contributed by atoms with Crippen molar-refractivity contribution in [1.82, 2.24) is 19.6 Å².